The van der Waals surface area contributed by atoms with E-state index >= 15 is 0 Å². The molecule has 1 aliphatic heterocycles. The van der Waals surface area contributed by atoms with Crippen LogP contribution in [-0.2, 0) is 14.8 Å². The topological polar surface area (TPSA) is 94.2 Å². The first-order valence-electron chi connectivity index (χ1n) is 10.5. The van der Waals surface area contributed by atoms with Crippen LogP contribution in [0.25, 0.3) is 0 Å². The van der Waals surface area contributed by atoms with Gasteiger partial charge in [-0.15, -0.1) is 0 Å². The Hall–Kier alpha value is -3.47. The number of hydrogen-bond acceptors (Lipinski definition) is 6. The average Bonchev–Trinajstić information content (AvgIpc) is 2.86. The van der Waals surface area contributed by atoms with Crippen LogP contribution in [0, 0.1) is 5.82 Å². The standard InChI is InChI=1S/C24H23FN2O6S/c1-31-22-5-3-2-4-20(22)24(28)26-21-16-19(34(29,30)27-12-14-32-15-13-27)10-11-23(21)33-18-8-6-17(25)7-9-18/h2-11,16H,12-15H2,1H3,(H,26,28). The first-order valence-corrected chi connectivity index (χ1v) is 11.9. The minimum atomic E-state index is -3.82. The van der Waals surface area contributed by atoms with E-state index in [0.717, 1.165) is 0 Å². The molecule has 0 spiro atoms. The summed E-state index contributed by atoms with van der Waals surface area (Å²) in [5, 5.41) is 2.72. The van der Waals surface area contributed by atoms with Gasteiger partial charge in [-0.3, -0.25) is 4.79 Å². The number of anilines is 1. The van der Waals surface area contributed by atoms with Gasteiger partial charge in [-0.25, -0.2) is 12.8 Å². The number of ether oxygens (including phenoxy) is 3. The number of sulfonamides is 1. The van der Waals surface area contributed by atoms with Gasteiger partial charge in [0.25, 0.3) is 5.91 Å². The Labute approximate surface area is 196 Å². The van der Waals surface area contributed by atoms with Crippen LogP contribution in [-0.4, -0.2) is 52.0 Å². The van der Waals surface area contributed by atoms with Crippen molar-refractivity contribution in [2.24, 2.45) is 0 Å². The summed E-state index contributed by atoms with van der Waals surface area (Å²) < 4.78 is 57.3. The summed E-state index contributed by atoms with van der Waals surface area (Å²) in [6.07, 6.45) is 0. The third-order valence-corrected chi connectivity index (χ3v) is 7.09. The number of amides is 1. The van der Waals surface area contributed by atoms with Crippen molar-refractivity contribution in [1.82, 2.24) is 4.31 Å². The minimum Gasteiger partial charge on any atom is -0.496 e. The van der Waals surface area contributed by atoms with Gasteiger partial charge in [-0.1, -0.05) is 12.1 Å². The minimum absolute atomic E-state index is 0.00353. The maximum absolute atomic E-state index is 13.3. The highest BCUT2D eigenvalue weighted by Gasteiger charge is 2.27. The molecular formula is C24H23FN2O6S. The van der Waals surface area contributed by atoms with Crippen LogP contribution in [0.4, 0.5) is 10.1 Å². The van der Waals surface area contributed by atoms with Crippen molar-refractivity contribution in [2.45, 2.75) is 4.90 Å². The maximum Gasteiger partial charge on any atom is 0.259 e. The van der Waals surface area contributed by atoms with E-state index in [1.54, 1.807) is 24.3 Å². The van der Waals surface area contributed by atoms with Crippen molar-refractivity contribution in [3.8, 4) is 17.2 Å². The molecule has 3 aromatic carbocycles. The largest absolute Gasteiger partial charge is 0.496 e. The smallest absolute Gasteiger partial charge is 0.259 e. The fourth-order valence-corrected chi connectivity index (χ4v) is 4.88. The lowest BCUT2D eigenvalue weighted by Gasteiger charge is -2.26. The number of halogens is 1. The van der Waals surface area contributed by atoms with Gasteiger partial charge >= 0.3 is 0 Å². The van der Waals surface area contributed by atoms with Gasteiger partial charge in [-0.05, 0) is 54.6 Å². The highest BCUT2D eigenvalue weighted by atomic mass is 32.2. The summed E-state index contributed by atoms with van der Waals surface area (Å²) in [4.78, 5) is 13.0. The van der Waals surface area contributed by atoms with Crippen molar-refractivity contribution >= 4 is 21.6 Å². The van der Waals surface area contributed by atoms with E-state index < -0.39 is 21.7 Å². The number of carbonyl (C=O) groups is 1. The van der Waals surface area contributed by atoms with E-state index in [-0.39, 0.29) is 35.0 Å². The summed E-state index contributed by atoms with van der Waals surface area (Å²) in [6, 6.07) is 16.2. The van der Waals surface area contributed by atoms with Gasteiger partial charge in [0.15, 0.2) is 5.75 Å². The number of para-hydroxylation sites is 1. The van der Waals surface area contributed by atoms with Gasteiger partial charge in [0.1, 0.15) is 17.3 Å². The molecular weight excluding hydrogens is 463 g/mol. The van der Waals surface area contributed by atoms with E-state index in [4.69, 9.17) is 14.2 Å². The quantitative estimate of drug-likeness (QED) is 0.545. The molecule has 8 nitrogen and oxygen atoms in total. The summed E-state index contributed by atoms with van der Waals surface area (Å²) in [7, 11) is -2.37. The predicted molar refractivity (Wildman–Crippen MR) is 123 cm³/mol. The molecule has 0 saturated carbocycles. The van der Waals surface area contributed by atoms with E-state index in [1.807, 2.05) is 0 Å². The number of nitrogens with one attached hydrogen (secondary N) is 1. The molecule has 3 aromatic rings. The Morgan fingerprint density at radius 1 is 1.00 bits per heavy atom. The first-order chi connectivity index (χ1) is 16.4. The van der Waals surface area contributed by atoms with Crippen LogP contribution in [0.3, 0.4) is 0 Å². The highest BCUT2D eigenvalue weighted by molar-refractivity contribution is 7.89. The zero-order valence-electron chi connectivity index (χ0n) is 18.4. The van der Waals surface area contributed by atoms with Gasteiger partial charge in [0.05, 0.1) is 36.5 Å². The number of methoxy groups -OCH3 is 1. The predicted octanol–water partition coefficient (Wildman–Crippen LogP) is 3.90. The van der Waals surface area contributed by atoms with Gasteiger partial charge in [-0.2, -0.15) is 4.31 Å². The van der Waals surface area contributed by atoms with Crippen LogP contribution in [0.2, 0.25) is 0 Å². The van der Waals surface area contributed by atoms with Gasteiger partial charge in [0.2, 0.25) is 10.0 Å². The molecule has 1 heterocycles. The number of carbonyl (C=O) groups excluding carboxylic acids is 1. The monoisotopic (exact) mass is 486 g/mol. The third-order valence-electron chi connectivity index (χ3n) is 5.20. The van der Waals surface area contributed by atoms with Crippen molar-refractivity contribution in [1.29, 1.82) is 0 Å². The Bertz CT molecular complexity index is 1270. The van der Waals surface area contributed by atoms with E-state index in [0.29, 0.717) is 24.7 Å². The average molecular weight is 487 g/mol. The molecule has 34 heavy (non-hydrogen) atoms. The van der Waals surface area contributed by atoms with Crippen molar-refractivity contribution in [3.05, 3.63) is 78.1 Å². The zero-order valence-corrected chi connectivity index (χ0v) is 19.2. The summed E-state index contributed by atoms with van der Waals surface area (Å²) >= 11 is 0. The van der Waals surface area contributed by atoms with Crippen LogP contribution in [0.1, 0.15) is 10.4 Å². The van der Waals surface area contributed by atoms with Crippen LogP contribution < -0.4 is 14.8 Å². The maximum atomic E-state index is 13.3. The fourth-order valence-electron chi connectivity index (χ4n) is 3.44. The third kappa shape index (κ3) is 5.19. The molecule has 1 saturated heterocycles. The number of rotatable bonds is 7. The molecule has 0 unspecified atom stereocenters. The molecule has 1 N–H and O–H groups in total. The normalized spacial score (nSPS) is 14.4. The van der Waals surface area contributed by atoms with E-state index in [2.05, 4.69) is 5.32 Å². The summed E-state index contributed by atoms with van der Waals surface area (Å²) in [5.41, 5.74) is 0.397. The SMILES string of the molecule is COc1ccccc1C(=O)Nc1cc(S(=O)(=O)N2CCOCC2)ccc1Oc1ccc(F)cc1. The molecule has 1 aliphatic rings. The van der Waals surface area contributed by atoms with Crippen LogP contribution in [0.15, 0.2) is 71.6 Å². The summed E-state index contributed by atoms with van der Waals surface area (Å²) in [6.45, 7) is 1.09. The Kier molecular flexibility index (Phi) is 7.11. The zero-order chi connectivity index (χ0) is 24.1. The van der Waals surface area contributed by atoms with Gasteiger partial charge < -0.3 is 19.5 Å². The van der Waals surface area contributed by atoms with E-state index in [9.17, 15) is 17.6 Å². The molecule has 0 atom stereocenters. The van der Waals surface area contributed by atoms with Crippen molar-refractivity contribution in [3.63, 3.8) is 0 Å². The molecule has 1 fully saturated rings. The summed E-state index contributed by atoms with van der Waals surface area (Å²) in [5.74, 6) is -0.0711. The molecule has 178 valence electrons. The molecule has 4 rings (SSSR count). The second kappa shape index (κ2) is 10.2. The van der Waals surface area contributed by atoms with Gasteiger partial charge in [0, 0.05) is 13.1 Å². The lowest BCUT2D eigenvalue weighted by atomic mass is 10.2. The van der Waals surface area contributed by atoms with Crippen LogP contribution in [0.5, 0.6) is 17.2 Å². The number of hydrogen-bond donors (Lipinski definition) is 1. The Morgan fingerprint density at radius 3 is 2.41 bits per heavy atom. The van der Waals surface area contributed by atoms with Crippen molar-refractivity contribution in [2.75, 3.05) is 38.7 Å². The van der Waals surface area contributed by atoms with Crippen LogP contribution >= 0.6 is 0 Å². The number of nitrogens with zero attached hydrogens (tertiary/aromatic N) is 1. The Balaban J connectivity index is 1.71. The lowest BCUT2D eigenvalue weighted by molar-refractivity contribution is 0.0730. The highest BCUT2D eigenvalue weighted by Crippen LogP contribution is 2.34. The molecule has 1 amide bonds. The second-order valence-corrected chi connectivity index (χ2v) is 9.32. The molecule has 0 aliphatic carbocycles. The lowest BCUT2D eigenvalue weighted by Crippen LogP contribution is -2.40. The molecule has 0 radical (unpaired) electrons. The molecule has 0 aromatic heterocycles. The Morgan fingerprint density at radius 2 is 1.71 bits per heavy atom. The van der Waals surface area contributed by atoms with E-state index in [1.165, 1.54) is 53.9 Å². The number of morpholine rings is 1. The fraction of sp³-hybridized carbons (Fsp3) is 0.208. The number of benzene rings is 3. The van der Waals surface area contributed by atoms with Crippen molar-refractivity contribution < 1.29 is 31.8 Å². The molecule has 0 bridgehead atoms. The second-order valence-electron chi connectivity index (χ2n) is 7.38. The first kappa shape index (κ1) is 23.7. The molecule has 10 heteroatoms.